The van der Waals surface area contributed by atoms with E-state index in [1.807, 2.05) is 0 Å². The Labute approximate surface area is 93.3 Å². The van der Waals surface area contributed by atoms with E-state index in [-0.39, 0.29) is 0 Å². The lowest BCUT2D eigenvalue weighted by molar-refractivity contribution is -0.131. The van der Waals surface area contributed by atoms with Crippen LogP contribution in [0, 0.1) is 5.82 Å². The number of hydrogen-bond donors (Lipinski definition) is 0. The largest absolute Gasteiger partial charge is 0.410 e. The maximum Gasteiger partial charge on any atom is 0.410 e. The summed E-state index contributed by atoms with van der Waals surface area (Å²) in [5.74, 6) is -0.966. The summed E-state index contributed by atoms with van der Waals surface area (Å²) < 4.78 is 71.7. The van der Waals surface area contributed by atoms with Gasteiger partial charge in [0.1, 0.15) is 5.82 Å². The second-order valence-corrected chi connectivity index (χ2v) is 5.67. The Morgan fingerprint density at radius 3 is 2.19 bits per heavy atom. The highest BCUT2D eigenvalue weighted by Gasteiger charge is 2.49. The number of alkyl halides is 3. The highest BCUT2D eigenvalue weighted by molar-refractivity contribution is 8.14. The third-order valence-electron chi connectivity index (χ3n) is 1.73. The van der Waals surface area contributed by atoms with Crippen molar-refractivity contribution in [2.75, 3.05) is 0 Å². The lowest BCUT2D eigenvalue weighted by atomic mass is 10.1. The molecule has 1 aromatic carbocycles. The number of benzene rings is 1. The van der Waals surface area contributed by atoms with Gasteiger partial charge >= 0.3 is 6.18 Å². The van der Waals surface area contributed by atoms with E-state index in [2.05, 4.69) is 0 Å². The Hall–Kier alpha value is -0.820. The van der Waals surface area contributed by atoms with E-state index in [0.717, 1.165) is 18.2 Å². The SMILES string of the molecule is O=S(=O)(Cl)C(c1cccc(F)c1)C(F)(F)F. The minimum atomic E-state index is -5.09. The zero-order valence-electron chi connectivity index (χ0n) is 7.50. The monoisotopic (exact) mass is 276 g/mol. The summed E-state index contributed by atoms with van der Waals surface area (Å²) in [6.07, 6.45) is -5.09. The van der Waals surface area contributed by atoms with E-state index in [9.17, 15) is 26.0 Å². The van der Waals surface area contributed by atoms with Gasteiger partial charge < -0.3 is 0 Å². The molecule has 1 aromatic rings. The molecule has 0 spiro atoms. The lowest BCUT2D eigenvalue weighted by Gasteiger charge is -2.17. The van der Waals surface area contributed by atoms with E-state index < -0.39 is 31.9 Å². The van der Waals surface area contributed by atoms with Crippen molar-refractivity contribution >= 4 is 19.7 Å². The Kier molecular flexibility index (Phi) is 3.49. The van der Waals surface area contributed by atoms with E-state index in [4.69, 9.17) is 10.7 Å². The predicted octanol–water partition coefficient (Wildman–Crippen LogP) is 3.00. The van der Waals surface area contributed by atoms with Gasteiger partial charge in [0.05, 0.1) is 0 Å². The molecule has 0 heterocycles. The molecule has 0 aliphatic carbocycles. The van der Waals surface area contributed by atoms with Crippen LogP contribution < -0.4 is 0 Å². The van der Waals surface area contributed by atoms with Gasteiger partial charge in [0.25, 0.3) is 0 Å². The van der Waals surface area contributed by atoms with E-state index in [0.29, 0.717) is 6.07 Å². The summed E-state index contributed by atoms with van der Waals surface area (Å²) in [6.45, 7) is 0. The number of hydrogen-bond acceptors (Lipinski definition) is 2. The fourth-order valence-electron chi connectivity index (χ4n) is 1.18. The van der Waals surface area contributed by atoms with Crippen LogP contribution in [0.4, 0.5) is 17.6 Å². The molecule has 16 heavy (non-hydrogen) atoms. The first kappa shape index (κ1) is 13.2. The summed E-state index contributed by atoms with van der Waals surface area (Å²) in [5, 5.41) is -2.92. The van der Waals surface area contributed by atoms with Crippen LogP contribution in [0.15, 0.2) is 24.3 Å². The molecule has 0 aromatic heterocycles. The van der Waals surface area contributed by atoms with Crippen LogP contribution in [-0.2, 0) is 9.05 Å². The van der Waals surface area contributed by atoms with Crippen molar-refractivity contribution in [1.82, 2.24) is 0 Å². The predicted molar refractivity (Wildman–Crippen MR) is 50.0 cm³/mol. The molecular weight excluding hydrogens is 272 g/mol. The summed E-state index contributed by atoms with van der Waals surface area (Å²) in [7, 11) is -0.211. The van der Waals surface area contributed by atoms with Crippen LogP contribution in [0.3, 0.4) is 0 Å². The first-order valence-corrected chi connectivity index (χ1v) is 6.25. The number of rotatable bonds is 2. The van der Waals surface area contributed by atoms with Gasteiger partial charge in [-0.2, -0.15) is 13.2 Å². The molecule has 0 N–H and O–H groups in total. The summed E-state index contributed by atoms with van der Waals surface area (Å²) >= 11 is 0. The van der Waals surface area contributed by atoms with Crippen molar-refractivity contribution in [1.29, 1.82) is 0 Å². The van der Waals surface area contributed by atoms with Crippen molar-refractivity contribution in [3.05, 3.63) is 35.6 Å². The van der Waals surface area contributed by atoms with Crippen LogP contribution in [0.5, 0.6) is 0 Å². The first-order valence-electron chi connectivity index (χ1n) is 3.88. The smallest absolute Gasteiger partial charge is 0.211 e. The summed E-state index contributed by atoms with van der Waals surface area (Å²) in [4.78, 5) is 0. The molecule has 2 nitrogen and oxygen atoms in total. The molecule has 0 saturated heterocycles. The average molecular weight is 277 g/mol. The van der Waals surface area contributed by atoms with Crippen LogP contribution in [0.25, 0.3) is 0 Å². The average Bonchev–Trinajstić information content (AvgIpc) is 1.97. The third kappa shape index (κ3) is 3.08. The molecule has 8 heteroatoms. The normalized spacial score (nSPS) is 14.8. The molecular formula is C8H5ClF4O2S. The molecule has 1 unspecified atom stereocenters. The van der Waals surface area contributed by atoms with Crippen LogP contribution in [-0.4, -0.2) is 14.6 Å². The zero-order valence-corrected chi connectivity index (χ0v) is 9.07. The highest BCUT2D eigenvalue weighted by atomic mass is 35.7. The second kappa shape index (κ2) is 4.21. The molecule has 0 radical (unpaired) electrons. The van der Waals surface area contributed by atoms with Crippen molar-refractivity contribution in [2.24, 2.45) is 0 Å². The maximum absolute atomic E-state index is 12.7. The topological polar surface area (TPSA) is 34.1 Å². The van der Waals surface area contributed by atoms with Crippen LogP contribution in [0.2, 0.25) is 0 Å². The van der Waals surface area contributed by atoms with Crippen LogP contribution in [0.1, 0.15) is 10.8 Å². The first-order chi connectivity index (χ1) is 7.12. The van der Waals surface area contributed by atoms with Crippen molar-refractivity contribution in [2.45, 2.75) is 11.4 Å². The third-order valence-corrected chi connectivity index (χ3v) is 3.37. The Balaban J connectivity index is 3.34. The highest BCUT2D eigenvalue weighted by Crippen LogP contribution is 2.40. The molecule has 90 valence electrons. The van der Waals surface area contributed by atoms with Gasteiger partial charge in [-0.1, -0.05) is 12.1 Å². The van der Waals surface area contributed by atoms with Gasteiger partial charge in [-0.3, -0.25) is 0 Å². The molecule has 0 bridgehead atoms. The van der Waals surface area contributed by atoms with Crippen molar-refractivity contribution in [3.8, 4) is 0 Å². The Morgan fingerprint density at radius 1 is 1.25 bits per heavy atom. The van der Waals surface area contributed by atoms with Crippen LogP contribution >= 0.6 is 10.7 Å². The quantitative estimate of drug-likeness (QED) is 0.615. The van der Waals surface area contributed by atoms with E-state index >= 15 is 0 Å². The zero-order chi connectivity index (χ0) is 12.6. The van der Waals surface area contributed by atoms with E-state index in [1.54, 1.807) is 0 Å². The fourth-order valence-corrected chi connectivity index (χ4v) is 2.58. The minimum absolute atomic E-state index is 0.484. The standard InChI is InChI=1S/C8H5ClF4O2S/c9-16(14,15)7(8(11,12)13)5-2-1-3-6(10)4-5/h1-4,7H. The minimum Gasteiger partial charge on any atom is -0.211 e. The van der Waals surface area contributed by atoms with Gasteiger partial charge in [0.2, 0.25) is 9.05 Å². The lowest BCUT2D eigenvalue weighted by Crippen LogP contribution is -2.25. The molecule has 0 fully saturated rings. The van der Waals surface area contributed by atoms with E-state index in [1.165, 1.54) is 0 Å². The summed E-state index contributed by atoms with van der Waals surface area (Å²) in [6, 6.07) is 3.21. The molecule has 0 saturated carbocycles. The molecule has 0 aliphatic heterocycles. The molecule has 1 rings (SSSR count). The van der Waals surface area contributed by atoms with Gasteiger partial charge in [0.15, 0.2) is 5.25 Å². The summed E-state index contributed by atoms with van der Waals surface area (Å²) in [5.41, 5.74) is -0.748. The van der Waals surface area contributed by atoms with Gasteiger partial charge in [-0.05, 0) is 17.7 Å². The molecule has 1 atom stereocenters. The van der Waals surface area contributed by atoms with Crippen molar-refractivity contribution in [3.63, 3.8) is 0 Å². The second-order valence-electron chi connectivity index (χ2n) is 2.95. The van der Waals surface area contributed by atoms with Gasteiger partial charge in [-0.15, -0.1) is 0 Å². The Morgan fingerprint density at radius 2 is 1.81 bits per heavy atom. The molecule has 0 amide bonds. The van der Waals surface area contributed by atoms with Gasteiger partial charge in [-0.25, -0.2) is 12.8 Å². The van der Waals surface area contributed by atoms with Crippen molar-refractivity contribution < 1.29 is 26.0 Å². The number of halogens is 5. The van der Waals surface area contributed by atoms with Gasteiger partial charge in [0, 0.05) is 10.7 Å². The Bertz CT molecular complexity index is 483. The molecule has 0 aliphatic rings. The maximum atomic E-state index is 12.7. The fraction of sp³-hybridized carbons (Fsp3) is 0.250.